The number of aliphatic hydroxyl groups excluding tert-OH is 1. The number of rotatable bonds is 5. The topological polar surface area (TPSA) is 80.2 Å². The number of benzene rings is 2. The quantitative estimate of drug-likeness (QED) is 0.513. The number of phenolic OH excluding ortho intramolecular Hbond substituents is 1. The molecule has 3 unspecified atom stereocenters. The second-order valence-corrected chi connectivity index (χ2v) is 6.92. The molecule has 158 valence electrons. The molecule has 0 radical (unpaired) electrons. The normalized spacial score (nSPS) is 24.1. The Balaban J connectivity index is 2.06. The van der Waals surface area contributed by atoms with Gasteiger partial charge in [-0.05, 0) is 31.2 Å². The highest BCUT2D eigenvalue weighted by Crippen LogP contribution is 2.45. The van der Waals surface area contributed by atoms with Crippen LogP contribution < -0.4 is 10.1 Å². The van der Waals surface area contributed by atoms with Crippen LogP contribution in [0.1, 0.15) is 24.1 Å². The largest absolute Gasteiger partial charge is 0.506 e. The smallest absolute Gasteiger partial charge is 0.416 e. The number of fused-ring (bicyclic) bond motifs is 1. The summed E-state index contributed by atoms with van der Waals surface area (Å²) in [5, 5.41) is 24.0. The maximum Gasteiger partial charge on any atom is 0.416 e. The van der Waals surface area contributed by atoms with Gasteiger partial charge in [-0.25, -0.2) is 0 Å². The number of methoxy groups -OCH3 is 2. The third kappa shape index (κ3) is 3.85. The fourth-order valence-electron chi connectivity index (χ4n) is 3.53. The lowest BCUT2D eigenvalue weighted by atomic mass is 9.84. The summed E-state index contributed by atoms with van der Waals surface area (Å²) >= 11 is 0. The molecule has 2 aromatic carbocycles. The van der Waals surface area contributed by atoms with Crippen LogP contribution in [-0.4, -0.2) is 42.4 Å². The molecule has 29 heavy (non-hydrogen) atoms. The number of anilines is 1. The van der Waals surface area contributed by atoms with E-state index < -0.39 is 35.8 Å². The fourth-order valence-corrected chi connectivity index (χ4v) is 3.53. The van der Waals surface area contributed by atoms with Crippen LogP contribution in [0.3, 0.4) is 0 Å². The number of ether oxygens (including phenoxy) is 3. The molecule has 3 atom stereocenters. The monoisotopic (exact) mass is 413 g/mol. The first kappa shape index (κ1) is 21.2. The molecule has 1 heterocycles. The number of hydrogen-bond acceptors (Lipinski definition) is 6. The summed E-state index contributed by atoms with van der Waals surface area (Å²) in [5.41, 5.74) is -1.97. The van der Waals surface area contributed by atoms with Crippen molar-refractivity contribution in [2.24, 2.45) is 0 Å². The molecule has 0 bridgehead atoms. The predicted octanol–water partition coefficient (Wildman–Crippen LogP) is 3.70. The number of aromatic hydroxyl groups is 1. The minimum absolute atomic E-state index is 0.172. The van der Waals surface area contributed by atoms with E-state index >= 15 is 0 Å². The minimum Gasteiger partial charge on any atom is -0.506 e. The first-order valence-electron chi connectivity index (χ1n) is 8.80. The molecule has 1 aliphatic rings. The first-order valence-corrected chi connectivity index (χ1v) is 8.80. The number of nitrogens with one attached hydrogen (secondary N) is 1. The Morgan fingerprint density at radius 3 is 2.41 bits per heavy atom. The average molecular weight is 413 g/mol. The van der Waals surface area contributed by atoms with Crippen molar-refractivity contribution in [1.29, 1.82) is 0 Å². The number of phenols is 1. The predicted molar refractivity (Wildman–Crippen MR) is 98.8 cm³/mol. The Morgan fingerprint density at radius 1 is 1.14 bits per heavy atom. The minimum atomic E-state index is -4.58. The van der Waals surface area contributed by atoms with Crippen molar-refractivity contribution in [3.05, 3.63) is 53.6 Å². The molecule has 0 saturated carbocycles. The van der Waals surface area contributed by atoms with Crippen molar-refractivity contribution in [2.75, 3.05) is 19.5 Å². The van der Waals surface area contributed by atoms with E-state index in [-0.39, 0.29) is 11.4 Å². The van der Waals surface area contributed by atoms with Gasteiger partial charge in [-0.3, -0.25) is 0 Å². The number of aliphatic hydroxyl groups is 1. The summed E-state index contributed by atoms with van der Waals surface area (Å²) in [6.07, 6.45) is -6.84. The van der Waals surface area contributed by atoms with Crippen molar-refractivity contribution in [3.8, 4) is 11.5 Å². The van der Waals surface area contributed by atoms with Crippen molar-refractivity contribution < 1.29 is 37.6 Å². The van der Waals surface area contributed by atoms with Crippen LogP contribution in [-0.2, 0) is 15.7 Å². The van der Waals surface area contributed by atoms with E-state index in [2.05, 4.69) is 5.32 Å². The second-order valence-electron chi connectivity index (χ2n) is 6.92. The van der Waals surface area contributed by atoms with Crippen LogP contribution in [0, 0.1) is 0 Å². The van der Waals surface area contributed by atoms with Crippen LogP contribution in [0.4, 0.5) is 18.9 Å². The molecule has 6 nitrogen and oxygen atoms in total. The van der Waals surface area contributed by atoms with E-state index in [0.717, 1.165) is 18.2 Å². The maximum atomic E-state index is 13.1. The molecule has 0 saturated heterocycles. The lowest BCUT2D eigenvalue weighted by Crippen LogP contribution is -2.60. The third-order valence-electron chi connectivity index (χ3n) is 5.02. The van der Waals surface area contributed by atoms with Crippen molar-refractivity contribution in [1.82, 2.24) is 0 Å². The summed E-state index contributed by atoms with van der Waals surface area (Å²) in [6.45, 7) is 1.58. The highest BCUT2D eigenvalue weighted by atomic mass is 19.4. The van der Waals surface area contributed by atoms with Gasteiger partial charge in [-0.15, -0.1) is 0 Å². The number of hydrogen-bond donors (Lipinski definition) is 3. The number of halogens is 3. The van der Waals surface area contributed by atoms with Crippen LogP contribution in [0.2, 0.25) is 0 Å². The van der Waals surface area contributed by atoms with Gasteiger partial charge >= 0.3 is 6.18 Å². The molecule has 3 N–H and O–H groups in total. The van der Waals surface area contributed by atoms with E-state index in [1.165, 1.54) is 14.2 Å². The van der Waals surface area contributed by atoms with E-state index in [1.807, 2.05) is 0 Å². The van der Waals surface area contributed by atoms with E-state index in [1.54, 1.807) is 31.2 Å². The van der Waals surface area contributed by atoms with Gasteiger partial charge in [-0.1, -0.05) is 18.2 Å². The molecule has 3 rings (SSSR count). The first-order chi connectivity index (χ1) is 13.6. The van der Waals surface area contributed by atoms with E-state index in [9.17, 15) is 23.4 Å². The molecule has 1 aliphatic heterocycles. The van der Waals surface area contributed by atoms with Crippen molar-refractivity contribution in [3.63, 3.8) is 0 Å². The molecule has 0 fully saturated rings. The highest BCUT2D eigenvalue weighted by Gasteiger charge is 2.52. The molecule has 0 amide bonds. The molecule has 9 heteroatoms. The lowest BCUT2D eigenvalue weighted by Gasteiger charge is -2.46. The van der Waals surface area contributed by atoms with Crippen LogP contribution in [0.5, 0.6) is 11.5 Å². The molecule has 0 aromatic heterocycles. The Kier molecular flexibility index (Phi) is 5.66. The Labute approximate surface area is 165 Å². The Hall–Kier alpha value is -2.49. The lowest BCUT2D eigenvalue weighted by molar-refractivity contribution is -0.236. The van der Waals surface area contributed by atoms with Gasteiger partial charge < -0.3 is 29.7 Å². The van der Waals surface area contributed by atoms with Gasteiger partial charge in [0.1, 0.15) is 17.6 Å². The zero-order valence-electron chi connectivity index (χ0n) is 16.0. The standard InChI is InChI=1S/C20H22F3NO5/c1-19(18(27-2)28-3)17(26)16(12-6-4-5-7-15(12)29-19)24-13-10-11(20(21,22)23)8-9-14(13)25/h4-10,16-18,24-26H,1-3H3. The van der Waals surface area contributed by atoms with Gasteiger partial charge in [0.2, 0.25) is 0 Å². The van der Waals surface area contributed by atoms with Crippen molar-refractivity contribution in [2.45, 2.75) is 37.1 Å². The second kappa shape index (κ2) is 7.74. The summed E-state index contributed by atoms with van der Waals surface area (Å²) < 4.78 is 55.8. The van der Waals surface area contributed by atoms with Crippen LogP contribution >= 0.6 is 0 Å². The van der Waals surface area contributed by atoms with E-state index in [0.29, 0.717) is 11.3 Å². The van der Waals surface area contributed by atoms with E-state index in [4.69, 9.17) is 14.2 Å². The zero-order valence-corrected chi connectivity index (χ0v) is 16.0. The fraction of sp³-hybridized carbons (Fsp3) is 0.400. The van der Waals surface area contributed by atoms with Gasteiger partial charge in [0.15, 0.2) is 11.9 Å². The molecular formula is C20H22F3NO5. The van der Waals surface area contributed by atoms with Crippen molar-refractivity contribution >= 4 is 5.69 Å². The average Bonchev–Trinajstić information content (AvgIpc) is 2.67. The number of alkyl halides is 3. The van der Waals surface area contributed by atoms with Gasteiger partial charge in [-0.2, -0.15) is 13.2 Å². The third-order valence-corrected chi connectivity index (χ3v) is 5.02. The number of para-hydroxylation sites is 1. The molecule has 0 spiro atoms. The van der Waals surface area contributed by atoms with Crippen LogP contribution in [0.25, 0.3) is 0 Å². The Morgan fingerprint density at radius 2 is 1.79 bits per heavy atom. The molecular weight excluding hydrogens is 391 g/mol. The Bertz CT molecular complexity index is 871. The molecule has 2 aromatic rings. The summed E-state index contributed by atoms with van der Waals surface area (Å²) in [7, 11) is 2.77. The SMILES string of the molecule is COC(OC)C1(C)Oc2ccccc2C(Nc2cc(C(F)(F)F)ccc2O)C1O. The maximum absolute atomic E-state index is 13.1. The highest BCUT2D eigenvalue weighted by molar-refractivity contribution is 5.60. The molecule has 0 aliphatic carbocycles. The van der Waals surface area contributed by atoms with Gasteiger partial charge in [0, 0.05) is 19.8 Å². The summed E-state index contributed by atoms with van der Waals surface area (Å²) in [6, 6.07) is 8.40. The van der Waals surface area contributed by atoms with Crippen LogP contribution in [0.15, 0.2) is 42.5 Å². The zero-order chi connectivity index (χ0) is 21.4. The summed E-state index contributed by atoms with van der Waals surface area (Å²) in [4.78, 5) is 0. The van der Waals surface area contributed by atoms with Gasteiger partial charge in [0.25, 0.3) is 0 Å². The van der Waals surface area contributed by atoms with Gasteiger partial charge in [0.05, 0.1) is 17.3 Å². The summed E-state index contributed by atoms with van der Waals surface area (Å²) in [5.74, 6) is 0.0225.